The minimum absolute atomic E-state index is 0.0143. The van der Waals surface area contributed by atoms with E-state index in [0.717, 1.165) is 29.4 Å². The van der Waals surface area contributed by atoms with Gasteiger partial charge in [-0.05, 0) is 35.9 Å². The molecule has 0 radical (unpaired) electrons. The van der Waals surface area contributed by atoms with E-state index in [1.807, 2.05) is 0 Å². The molecule has 2 aromatic rings. The Labute approximate surface area is 143 Å². The summed E-state index contributed by atoms with van der Waals surface area (Å²) < 4.78 is 31.5. The van der Waals surface area contributed by atoms with Gasteiger partial charge < -0.3 is 10.1 Å². The quantitative estimate of drug-likeness (QED) is 0.906. The fourth-order valence-corrected chi connectivity index (χ4v) is 2.54. The molecule has 1 N–H and O–H groups in total. The van der Waals surface area contributed by atoms with Gasteiger partial charge in [0, 0.05) is 17.8 Å². The number of hydrogen-bond donors (Lipinski definition) is 1. The second kappa shape index (κ2) is 7.29. The first-order valence-electron chi connectivity index (χ1n) is 7.77. The number of nitrogens with zero attached hydrogens (tertiary/aromatic N) is 1. The van der Waals surface area contributed by atoms with Crippen molar-refractivity contribution in [1.82, 2.24) is 5.32 Å². The van der Waals surface area contributed by atoms with Gasteiger partial charge in [-0.3, -0.25) is 9.69 Å². The van der Waals surface area contributed by atoms with Crippen molar-refractivity contribution >= 4 is 17.7 Å². The topological polar surface area (TPSA) is 58.6 Å². The minimum Gasteiger partial charge on any atom is -0.447 e. The minimum atomic E-state index is -0.613. The van der Waals surface area contributed by atoms with Crippen molar-refractivity contribution in [3.8, 4) is 0 Å². The average Bonchev–Trinajstić information content (AvgIpc) is 3.03. The Morgan fingerprint density at radius 2 is 1.92 bits per heavy atom. The van der Waals surface area contributed by atoms with E-state index >= 15 is 0 Å². The molecule has 130 valence electrons. The lowest BCUT2D eigenvalue weighted by molar-refractivity contribution is -0.120. The van der Waals surface area contributed by atoms with Crippen LogP contribution in [0, 0.1) is 11.6 Å². The van der Waals surface area contributed by atoms with Gasteiger partial charge >= 0.3 is 6.09 Å². The molecule has 25 heavy (non-hydrogen) atoms. The van der Waals surface area contributed by atoms with Gasteiger partial charge in [0.1, 0.15) is 18.2 Å². The normalized spacial score (nSPS) is 13.7. The average molecular weight is 346 g/mol. The zero-order chi connectivity index (χ0) is 17.8. The van der Waals surface area contributed by atoms with Crippen molar-refractivity contribution in [2.75, 3.05) is 18.1 Å². The van der Waals surface area contributed by atoms with E-state index in [-0.39, 0.29) is 24.6 Å². The van der Waals surface area contributed by atoms with Crippen LogP contribution in [-0.2, 0) is 22.5 Å². The maximum Gasteiger partial charge on any atom is 0.414 e. The molecule has 1 fully saturated rings. The van der Waals surface area contributed by atoms with Crippen LogP contribution in [0.1, 0.15) is 11.1 Å². The van der Waals surface area contributed by atoms with E-state index in [9.17, 15) is 18.4 Å². The van der Waals surface area contributed by atoms with Crippen LogP contribution >= 0.6 is 0 Å². The van der Waals surface area contributed by atoms with Crippen molar-refractivity contribution in [2.45, 2.75) is 13.0 Å². The fraction of sp³-hybridized carbons (Fsp3) is 0.222. The summed E-state index contributed by atoms with van der Waals surface area (Å²) in [5.41, 5.74) is 1.56. The largest absolute Gasteiger partial charge is 0.447 e. The van der Waals surface area contributed by atoms with E-state index in [0.29, 0.717) is 13.2 Å². The first-order chi connectivity index (χ1) is 12.0. The number of carbonyl (C=O) groups is 2. The molecule has 1 heterocycles. The number of nitrogens with one attached hydrogen (secondary N) is 1. The first-order valence-corrected chi connectivity index (χ1v) is 7.77. The predicted molar refractivity (Wildman–Crippen MR) is 87.0 cm³/mol. The van der Waals surface area contributed by atoms with Crippen LogP contribution in [0.25, 0.3) is 0 Å². The fourth-order valence-electron chi connectivity index (χ4n) is 2.54. The molecule has 1 aliphatic rings. The van der Waals surface area contributed by atoms with Crippen LogP contribution in [0.2, 0.25) is 0 Å². The van der Waals surface area contributed by atoms with E-state index in [1.165, 1.54) is 4.90 Å². The van der Waals surface area contributed by atoms with Crippen LogP contribution in [-0.4, -0.2) is 25.2 Å². The molecular formula is C18H16F2N2O3. The third-order valence-electron chi connectivity index (χ3n) is 3.86. The monoisotopic (exact) mass is 346 g/mol. The summed E-state index contributed by atoms with van der Waals surface area (Å²) in [6.07, 6.45) is -0.612. The van der Waals surface area contributed by atoms with Gasteiger partial charge in [-0.25, -0.2) is 13.6 Å². The highest BCUT2D eigenvalue weighted by Crippen LogP contribution is 2.19. The van der Waals surface area contributed by atoms with Gasteiger partial charge in [-0.2, -0.15) is 0 Å². The SMILES string of the molecule is O=C(Cc1cc(F)ccc1F)NCc1ccc(N2CCOC2=O)cc1. The molecule has 3 rings (SSSR count). The molecular weight excluding hydrogens is 330 g/mol. The Bertz CT molecular complexity index is 793. The number of cyclic esters (lactones) is 1. The van der Waals surface area contributed by atoms with Gasteiger partial charge in [0.05, 0.1) is 13.0 Å². The lowest BCUT2D eigenvalue weighted by atomic mass is 10.1. The maximum absolute atomic E-state index is 13.5. The number of halogens is 2. The molecule has 5 nitrogen and oxygen atoms in total. The number of anilines is 1. The zero-order valence-electron chi connectivity index (χ0n) is 13.3. The number of carbonyl (C=O) groups excluding carboxylic acids is 2. The van der Waals surface area contributed by atoms with E-state index in [4.69, 9.17) is 4.74 Å². The smallest absolute Gasteiger partial charge is 0.414 e. The zero-order valence-corrected chi connectivity index (χ0v) is 13.3. The van der Waals surface area contributed by atoms with Gasteiger partial charge in [0.15, 0.2) is 0 Å². The van der Waals surface area contributed by atoms with E-state index in [2.05, 4.69) is 5.32 Å². The lowest BCUT2D eigenvalue weighted by Gasteiger charge is -2.13. The number of amides is 2. The molecule has 1 saturated heterocycles. The van der Waals surface area contributed by atoms with Gasteiger partial charge in [0.2, 0.25) is 5.91 Å². The molecule has 0 saturated carbocycles. The van der Waals surface area contributed by atoms with E-state index in [1.54, 1.807) is 24.3 Å². The molecule has 1 aliphatic heterocycles. The molecule has 0 spiro atoms. The summed E-state index contributed by atoms with van der Waals surface area (Å²) in [4.78, 5) is 24.9. The molecule has 2 aromatic carbocycles. The molecule has 0 unspecified atom stereocenters. The summed E-state index contributed by atoms with van der Waals surface area (Å²) in [5, 5.41) is 2.66. The molecule has 7 heteroatoms. The number of hydrogen-bond acceptors (Lipinski definition) is 3. The lowest BCUT2D eigenvalue weighted by Crippen LogP contribution is -2.25. The third-order valence-corrected chi connectivity index (χ3v) is 3.86. The maximum atomic E-state index is 13.5. The van der Waals surface area contributed by atoms with Crippen molar-refractivity contribution in [3.05, 3.63) is 65.2 Å². The summed E-state index contributed by atoms with van der Waals surface area (Å²) >= 11 is 0. The highest BCUT2D eigenvalue weighted by Gasteiger charge is 2.23. The summed E-state index contributed by atoms with van der Waals surface area (Å²) in [6, 6.07) is 10.1. The second-order valence-corrected chi connectivity index (χ2v) is 5.62. The Morgan fingerprint density at radius 1 is 1.16 bits per heavy atom. The van der Waals surface area contributed by atoms with Crippen LogP contribution in [0.3, 0.4) is 0 Å². The van der Waals surface area contributed by atoms with E-state index < -0.39 is 17.5 Å². The Kier molecular flexibility index (Phi) is 4.92. The summed E-state index contributed by atoms with van der Waals surface area (Å²) in [5.74, 6) is -1.60. The van der Waals surface area contributed by atoms with Gasteiger partial charge in [0.25, 0.3) is 0 Å². The van der Waals surface area contributed by atoms with Crippen LogP contribution < -0.4 is 10.2 Å². The van der Waals surface area contributed by atoms with Crippen molar-refractivity contribution in [3.63, 3.8) is 0 Å². The number of rotatable bonds is 5. The Hall–Kier alpha value is -2.96. The molecule has 0 aromatic heterocycles. The molecule has 2 amide bonds. The predicted octanol–water partition coefficient (Wildman–Crippen LogP) is 2.78. The molecule has 0 aliphatic carbocycles. The molecule has 0 atom stereocenters. The summed E-state index contributed by atoms with van der Waals surface area (Å²) in [7, 11) is 0. The van der Waals surface area contributed by atoms with Gasteiger partial charge in [-0.1, -0.05) is 12.1 Å². The highest BCUT2D eigenvalue weighted by atomic mass is 19.1. The standard InChI is InChI=1S/C18H16F2N2O3/c19-14-3-6-16(20)13(9-14)10-17(23)21-11-12-1-4-15(5-2-12)22-7-8-25-18(22)24/h1-6,9H,7-8,10-11H2,(H,21,23). The van der Waals surface area contributed by atoms with Crippen molar-refractivity contribution in [1.29, 1.82) is 0 Å². The summed E-state index contributed by atoms with van der Waals surface area (Å²) in [6.45, 7) is 1.13. The highest BCUT2D eigenvalue weighted by molar-refractivity contribution is 5.89. The van der Waals surface area contributed by atoms with Crippen LogP contribution in [0.5, 0.6) is 0 Å². The van der Waals surface area contributed by atoms with Crippen molar-refractivity contribution < 1.29 is 23.1 Å². The number of ether oxygens (including phenoxy) is 1. The third kappa shape index (κ3) is 4.12. The molecule has 0 bridgehead atoms. The van der Waals surface area contributed by atoms with Crippen LogP contribution in [0.15, 0.2) is 42.5 Å². The number of benzene rings is 2. The first kappa shape index (κ1) is 16.9. The van der Waals surface area contributed by atoms with Crippen LogP contribution in [0.4, 0.5) is 19.3 Å². The van der Waals surface area contributed by atoms with Gasteiger partial charge in [-0.15, -0.1) is 0 Å². The Morgan fingerprint density at radius 3 is 2.60 bits per heavy atom. The Balaban J connectivity index is 1.55. The second-order valence-electron chi connectivity index (χ2n) is 5.62. The van der Waals surface area contributed by atoms with Crippen molar-refractivity contribution in [2.24, 2.45) is 0 Å².